The Labute approximate surface area is 192 Å². The van der Waals surface area contributed by atoms with Crippen LogP contribution in [0.3, 0.4) is 0 Å². The summed E-state index contributed by atoms with van der Waals surface area (Å²) >= 11 is 0. The second-order valence-electron chi connectivity index (χ2n) is 7.63. The molecule has 0 saturated carbocycles. The van der Waals surface area contributed by atoms with Crippen molar-refractivity contribution >= 4 is 12.1 Å². The van der Waals surface area contributed by atoms with Crippen molar-refractivity contribution in [3.05, 3.63) is 77.9 Å². The summed E-state index contributed by atoms with van der Waals surface area (Å²) in [6.45, 7) is 0.975. The van der Waals surface area contributed by atoms with Crippen LogP contribution in [0, 0.1) is 0 Å². The van der Waals surface area contributed by atoms with E-state index in [1.807, 2.05) is 24.3 Å². The third-order valence-corrected chi connectivity index (χ3v) is 5.21. The summed E-state index contributed by atoms with van der Waals surface area (Å²) in [7, 11) is 0. The lowest BCUT2D eigenvalue weighted by Crippen LogP contribution is -2.32. The highest BCUT2D eigenvalue weighted by atomic mass is 16.5. The van der Waals surface area contributed by atoms with Crippen molar-refractivity contribution in [3.8, 4) is 23.0 Å². The lowest BCUT2D eigenvalue weighted by Gasteiger charge is -2.20. The molecule has 1 atom stereocenters. The van der Waals surface area contributed by atoms with Gasteiger partial charge in [-0.3, -0.25) is 4.79 Å². The second kappa shape index (κ2) is 11.8. The first-order valence-electron chi connectivity index (χ1n) is 10.6. The third kappa shape index (κ3) is 7.13. The highest BCUT2D eigenvalue weighted by Gasteiger charge is 2.15. The third-order valence-electron chi connectivity index (χ3n) is 5.21. The molecule has 0 aliphatic rings. The number of aliphatic hydroxyl groups excluding tert-OH is 1. The van der Waals surface area contributed by atoms with E-state index in [4.69, 9.17) is 4.74 Å². The number of hydrogen-bond donors (Lipinski definition) is 6. The molecule has 3 aromatic carbocycles. The molecule has 8 nitrogen and oxygen atoms in total. The number of hydrogen-bond acceptors (Lipinski definition) is 7. The summed E-state index contributed by atoms with van der Waals surface area (Å²) < 4.78 is 5.54. The maximum Gasteiger partial charge on any atom is 0.211 e. The minimum absolute atomic E-state index is 0.0393. The molecule has 6 N–H and O–H groups in total. The van der Waals surface area contributed by atoms with E-state index in [9.17, 15) is 25.2 Å². The molecule has 0 bridgehead atoms. The van der Waals surface area contributed by atoms with Crippen LogP contribution in [-0.2, 0) is 4.79 Å². The Hall–Kier alpha value is -3.75. The van der Waals surface area contributed by atoms with Crippen molar-refractivity contribution in [1.29, 1.82) is 0 Å². The molecule has 0 heterocycles. The normalized spacial score (nSPS) is 11.8. The number of phenolic OH excluding ortho intramolecular Hbond substituents is 3. The Morgan fingerprint density at radius 2 is 1.48 bits per heavy atom. The number of nitrogens with one attached hydrogen (secondary N) is 2. The smallest absolute Gasteiger partial charge is 0.211 e. The lowest BCUT2D eigenvalue weighted by atomic mass is 9.88. The van der Waals surface area contributed by atoms with Gasteiger partial charge in [-0.1, -0.05) is 24.3 Å². The molecule has 174 valence electrons. The van der Waals surface area contributed by atoms with Gasteiger partial charge in [0, 0.05) is 18.5 Å². The minimum atomic E-state index is -0.762. The topological polar surface area (TPSA) is 131 Å². The number of anilines is 1. The molecule has 0 saturated heterocycles. The van der Waals surface area contributed by atoms with Crippen molar-refractivity contribution in [2.45, 2.75) is 18.4 Å². The van der Waals surface area contributed by atoms with E-state index in [0.717, 1.165) is 17.5 Å². The molecular weight excluding hydrogens is 424 g/mol. The summed E-state index contributed by atoms with van der Waals surface area (Å²) in [6.07, 6.45) is 0.435. The van der Waals surface area contributed by atoms with Gasteiger partial charge in [-0.05, 0) is 60.5 Å². The molecule has 0 aromatic heterocycles. The van der Waals surface area contributed by atoms with Crippen LogP contribution in [0.1, 0.15) is 23.5 Å². The predicted molar refractivity (Wildman–Crippen MR) is 125 cm³/mol. The molecular formula is C25H28N2O6. The molecule has 0 aliphatic carbocycles. The number of carbonyl (C=O) groups is 1. The van der Waals surface area contributed by atoms with Crippen molar-refractivity contribution in [2.75, 3.05) is 25.0 Å². The highest BCUT2D eigenvalue weighted by molar-refractivity contribution is 5.76. The zero-order valence-electron chi connectivity index (χ0n) is 18.0. The van der Waals surface area contributed by atoms with Crippen LogP contribution in [0.2, 0.25) is 0 Å². The van der Waals surface area contributed by atoms with Crippen molar-refractivity contribution in [2.24, 2.45) is 0 Å². The number of phenols is 3. The van der Waals surface area contributed by atoms with Crippen LogP contribution in [0.5, 0.6) is 23.0 Å². The van der Waals surface area contributed by atoms with E-state index < -0.39 is 6.10 Å². The molecule has 0 aliphatic heterocycles. The Bertz CT molecular complexity index is 979. The number of rotatable bonds is 12. The van der Waals surface area contributed by atoms with E-state index in [-0.39, 0.29) is 35.5 Å². The van der Waals surface area contributed by atoms with Crippen molar-refractivity contribution in [1.82, 2.24) is 5.32 Å². The number of aliphatic hydroxyl groups is 1. The fraction of sp³-hybridized carbons (Fsp3) is 0.240. The zero-order valence-corrected chi connectivity index (χ0v) is 18.0. The van der Waals surface area contributed by atoms with Gasteiger partial charge in [0.25, 0.3) is 0 Å². The van der Waals surface area contributed by atoms with Gasteiger partial charge in [-0.15, -0.1) is 0 Å². The number of carbonyl (C=O) groups excluding carboxylic acids is 1. The maximum absolute atomic E-state index is 10.6. The summed E-state index contributed by atoms with van der Waals surface area (Å²) in [5.41, 5.74) is 2.30. The summed E-state index contributed by atoms with van der Waals surface area (Å²) in [4.78, 5) is 10.6. The fourth-order valence-electron chi connectivity index (χ4n) is 3.49. The van der Waals surface area contributed by atoms with E-state index in [0.29, 0.717) is 25.2 Å². The van der Waals surface area contributed by atoms with Crippen LogP contribution in [0.4, 0.5) is 5.69 Å². The van der Waals surface area contributed by atoms with Crippen LogP contribution >= 0.6 is 0 Å². The van der Waals surface area contributed by atoms with E-state index in [1.54, 1.807) is 30.3 Å². The van der Waals surface area contributed by atoms with Gasteiger partial charge in [-0.25, -0.2) is 0 Å². The Kier molecular flexibility index (Phi) is 8.51. The van der Waals surface area contributed by atoms with Crippen LogP contribution < -0.4 is 15.4 Å². The molecule has 1 amide bonds. The monoisotopic (exact) mass is 452 g/mol. The van der Waals surface area contributed by atoms with Gasteiger partial charge in [0.15, 0.2) is 0 Å². The maximum atomic E-state index is 10.6. The average molecular weight is 453 g/mol. The molecule has 0 radical (unpaired) electrons. The summed E-state index contributed by atoms with van der Waals surface area (Å²) in [6, 6.07) is 18.5. The SMILES string of the molecule is O=CNc1cc(OCC(O)CNCCC(c2ccc(O)cc2)c2ccc(O)cc2)ccc1O. The van der Waals surface area contributed by atoms with E-state index in [1.165, 1.54) is 12.1 Å². The Balaban J connectivity index is 1.50. The van der Waals surface area contributed by atoms with Crippen LogP contribution in [0.25, 0.3) is 0 Å². The second-order valence-corrected chi connectivity index (χ2v) is 7.63. The van der Waals surface area contributed by atoms with Gasteiger partial charge < -0.3 is 35.8 Å². The molecule has 3 rings (SSSR count). The first-order chi connectivity index (χ1) is 16.0. The summed E-state index contributed by atoms with van der Waals surface area (Å²) in [5.74, 6) is 0.788. The molecule has 3 aromatic rings. The number of aromatic hydroxyl groups is 3. The standard InChI is InChI=1S/C25H28N2O6/c28-16-27-24-13-22(9-10-25(24)32)33-15-21(31)14-26-12-11-23(17-1-5-19(29)6-2-17)18-3-7-20(30)8-4-18/h1-10,13,16,21,23,26,29-32H,11-12,14-15H2,(H,27,28). The number of benzene rings is 3. The highest BCUT2D eigenvalue weighted by Crippen LogP contribution is 2.30. The van der Waals surface area contributed by atoms with Crippen molar-refractivity contribution < 1.29 is 30.0 Å². The molecule has 8 heteroatoms. The van der Waals surface area contributed by atoms with Crippen LogP contribution in [-0.4, -0.2) is 52.6 Å². The summed E-state index contributed by atoms with van der Waals surface area (Å²) in [5, 5.41) is 44.7. The fourth-order valence-corrected chi connectivity index (χ4v) is 3.49. The predicted octanol–water partition coefficient (Wildman–Crippen LogP) is 2.92. The Morgan fingerprint density at radius 1 is 0.879 bits per heavy atom. The van der Waals surface area contributed by atoms with Gasteiger partial charge in [0.1, 0.15) is 35.7 Å². The number of ether oxygens (including phenoxy) is 1. The first kappa shape index (κ1) is 23.9. The van der Waals surface area contributed by atoms with E-state index in [2.05, 4.69) is 10.6 Å². The lowest BCUT2D eigenvalue weighted by molar-refractivity contribution is -0.105. The van der Waals surface area contributed by atoms with Gasteiger partial charge in [0.05, 0.1) is 5.69 Å². The van der Waals surface area contributed by atoms with E-state index >= 15 is 0 Å². The quantitative estimate of drug-likeness (QED) is 0.141. The largest absolute Gasteiger partial charge is 0.508 e. The molecule has 0 fully saturated rings. The van der Waals surface area contributed by atoms with Gasteiger partial charge in [-0.2, -0.15) is 0 Å². The minimum Gasteiger partial charge on any atom is -0.508 e. The molecule has 1 unspecified atom stereocenters. The zero-order chi connectivity index (χ0) is 23.6. The molecule has 33 heavy (non-hydrogen) atoms. The Morgan fingerprint density at radius 3 is 2.06 bits per heavy atom. The van der Waals surface area contributed by atoms with Gasteiger partial charge in [0.2, 0.25) is 6.41 Å². The molecule has 0 spiro atoms. The van der Waals surface area contributed by atoms with Gasteiger partial charge >= 0.3 is 0 Å². The number of amides is 1. The average Bonchev–Trinajstić information content (AvgIpc) is 2.81. The van der Waals surface area contributed by atoms with Crippen molar-refractivity contribution in [3.63, 3.8) is 0 Å². The first-order valence-corrected chi connectivity index (χ1v) is 10.6. The van der Waals surface area contributed by atoms with Crippen LogP contribution in [0.15, 0.2) is 66.7 Å².